The van der Waals surface area contributed by atoms with E-state index in [2.05, 4.69) is 10.6 Å². The number of amides is 3. The van der Waals surface area contributed by atoms with Gasteiger partial charge in [-0.25, -0.2) is 4.79 Å². The van der Waals surface area contributed by atoms with E-state index >= 15 is 0 Å². The smallest absolute Gasteiger partial charge is 0.321 e. The molecule has 0 spiro atoms. The molecule has 1 fully saturated rings. The number of carbonyl (C=O) groups excluding carboxylic acids is 2. The van der Waals surface area contributed by atoms with Crippen LogP contribution < -0.4 is 10.6 Å². The zero-order chi connectivity index (χ0) is 11.8. The third-order valence-corrected chi connectivity index (χ3v) is 2.53. The molecule has 0 aromatic rings. The van der Waals surface area contributed by atoms with Crippen LogP contribution in [0.2, 0.25) is 0 Å². The van der Waals surface area contributed by atoms with Crippen molar-refractivity contribution in [2.75, 3.05) is 19.0 Å². The molecule has 0 aromatic carbocycles. The molecule has 0 radical (unpaired) electrons. The highest BCUT2D eigenvalue weighted by atomic mass is 35.5. The second-order valence-corrected chi connectivity index (χ2v) is 4.06. The minimum Gasteiger partial charge on any atom is -0.376 e. The Morgan fingerprint density at radius 3 is 2.81 bits per heavy atom. The summed E-state index contributed by atoms with van der Waals surface area (Å²) < 4.78 is 5.43. The van der Waals surface area contributed by atoms with Crippen LogP contribution in [0, 0.1) is 0 Å². The van der Waals surface area contributed by atoms with Crippen molar-refractivity contribution in [1.29, 1.82) is 0 Å². The number of carbonyl (C=O) groups is 2. The number of imide groups is 1. The largest absolute Gasteiger partial charge is 0.376 e. The van der Waals surface area contributed by atoms with Gasteiger partial charge in [-0.05, 0) is 19.3 Å². The van der Waals surface area contributed by atoms with Gasteiger partial charge >= 0.3 is 6.03 Å². The molecule has 16 heavy (non-hydrogen) atoms. The number of nitrogens with one attached hydrogen (secondary N) is 2. The van der Waals surface area contributed by atoms with Crippen LogP contribution in [0.25, 0.3) is 0 Å². The molecule has 0 aromatic heterocycles. The highest BCUT2D eigenvalue weighted by Gasteiger charge is 2.15. The molecule has 1 heterocycles. The Morgan fingerprint density at radius 1 is 1.38 bits per heavy atom. The average molecular weight is 249 g/mol. The molecule has 3 amide bonds. The number of ether oxygens (including phenoxy) is 1. The highest BCUT2D eigenvalue weighted by Crippen LogP contribution is 2.11. The SMILES string of the molecule is O=C(CCCl)NC(=O)NCC1CCCCO1. The van der Waals surface area contributed by atoms with E-state index in [0.717, 1.165) is 25.9 Å². The molecule has 0 bridgehead atoms. The normalized spacial score (nSPS) is 20.2. The van der Waals surface area contributed by atoms with Crippen LogP contribution in [0.1, 0.15) is 25.7 Å². The molecular formula is C10H17ClN2O3. The highest BCUT2D eigenvalue weighted by molar-refractivity contribution is 6.19. The molecule has 1 atom stereocenters. The zero-order valence-electron chi connectivity index (χ0n) is 9.13. The predicted octanol–water partition coefficient (Wildman–Crippen LogP) is 1.01. The molecule has 0 aliphatic carbocycles. The van der Waals surface area contributed by atoms with E-state index in [-0.39, 0.29) is 24.3 Å². The van der Waals surface area contributed by atoms with Crippen molar-refractivity contribution in [2.45, 2.75) is 31.8 Å². The van der Waals surface area contributed by atoms with Gasteiger partial charge in [0.1, 0.15) is 0 Å². The Kier molecular flexibility index (Phi) is 6.18. The van der Waals surface area contributed by atoms with Crippen molar-refractivity contribution >= 4 is 23.5 Å². The summed E-state index contributed by atoms with van der Waals surface area (Å²) in [5.74, 6) is -0.151. The van der Waals surface area contributed by atoms with Gasteiger partial charge in [-0.1, -0.05) is 0 Å². The van der Waals surface area contributed by atoms with E-state index in [9.17, 15) is 9.59 Å². The lowest BCUT2D eigenvalue weighted by Gasteiger charge is -2.22. The molecule has 5 nitrogen and oxygen atoms in total. The van der Waals surface area contributed by atoms with E-state index in [0.29, 0.717) is 6.54 Å². The molecule has 1 saturated heterocycles. The van der Waals surface area contributed by atoms with E-state index in [1.807, 2.05) is 0 Å². The summed E-state index contributed by atoms with van der Waals surface area (Å²) in [7, 11) is 0. The lowest BCUT2D eigenvalue weighted by Crippen LogP contribution is -2.43. The lowest BCUT2D eigenvalue weighted by molar-refractivity contribution is -0.119. The Balaban J connectivity index is 2.11. The van der Waals surface area contributed by atoms with Crippen LogP contribution in [0.3, 0.4) is 0 Å². The van der Waals surface area contributed by atoms with Gasteiger partial charge in [0, 0.05) is 25.5 Å². The quantitative estimate of drug-likeness (QED) is 0.730. The average Bonchev–Trinajstić information content (AvgIpc) is 2.28. The topological polar surface area (TPSA) is 67.4 Å². The Labute approximate surface area is 99.9 Å². The van der Waals surface area contributed by atoms with Gasteiger partial charge in [0.25, 0.3) is 0 Å². The minimum absolute atomic E-state index is 0.0719. The maximum Gasteiger partial charge on any atom is 0.321 e. The van der Waals surface area contributed by atoms with Gasteiger partial charge < -0.3 is 10.1 Å². The zero-order valence-corrected chi connectivity index (χ0v) is 9.89. The fraction of sp³-hybridized carbons (Fsp3) is 0.800. The minimum atomic E-state index is -0.482. The Bertz CT molecular complexity index is 242. The molecule has 1 aliphatic heterocycles. The van der Waals surface area contributed by atoms with Gasteiger partial charge in [0.15, 0.2) is 0 Å². The molecule has 1 rings (SSSR count). The molecule has 1 aliphatic rings. The molecule has 0 saturated carbocycles. The lowest BCUT2D eigenvalue weighted by atomic mass is 10.1. The second kappa shape index (κ2) is 7.46. The fourth-order valence-electron chi connectivity index (χ4n) is 1.49. The standard InChI is InChI=1S/C10H17ClN2O3/c11-5-4-9(14)13-10(15)12-7-8-3-1-2-6-16-8/h8H,1-7H2,(H2,12,13,14,15). The second-order valence-electron chi connectivity index (χ2n) is 3.69. The van der Waals surface area contributed by atoms with Crippen molar-refractivity contribution in [3.05, 3.63) is 0 Å². The van der Waals surface area contributed by atoms with E-state index in [1.165, 1.54) is 0 Å². The van der Waals surface area contributed by atoms with Crippen LogP contribution in [0.5, 0.6) is 0 Å². The summed E-state index contributed by atoms with van der Waals surface area (Å²) in [5, 5.41) is 4.79. The summed E-state index contributed by atoms with van der Waals surface area (Å²) in [4.78, 5) is 22.2. The predicted molar refractivity (Wildman–Crippen MR) is 60.5 cm³/mol. The van der Waals surface area contributed by atoms with Crippen LogP contribution in [-0.2, 0) is 9.53 Å². The molecule has 6 heteroatoms. The first kappa shape index (κ1) is 13.3. The van der Waals surface area contributed by atoms with Crippen molar-refractivity contribution in [3.8, 4) is 0 Å². The van der Waals surface area contributed by atoms with Crippen LogP contribution in [0.4, 0.5) is 4.79 Å². The first-order valence-corrected chi connectivity index (χ1v) is 6.01. The number of halogens is 1. The number of hydrogen-bond donors (Lipinski definition) is 2. The Morgan fingerprint density at radius 2 is 2.19 bits per heavy atom. The number of alkyl halides is 1. The summed E-state index contributed by atoms with van der Waals surface area (Å²) in [6.45, 7) is 1.19. The van der Waals surface area contributed by atoms with Crippen molar-refractivity contribution < 1.29 is 14.3 Å². The number of rotatable bonds is 4. The molecular weight excluding hydrogens is 232 g/mol. The fourth-order valence-corrected chi connectivity index (χ4v) is 1.67. The van der Waals surface area contributed by atoms with Gasteiger partial charge in [-0.15, -0.1) is 11.6 Å². The summed E-state index contributed by atoms with van der Waals surface area (Å²) >= 11 is 5.37. The maximum absolute atomic E-state index is 11.2. The monoisotopic (exact) mass is 248 g/mol. The van der Waals surface area contributed by atoms with Gasteiger partial charge in [-0.2, -0.15) is 0 Å². The summed E-state index contributed by atoms with van der Waals surface area (Å²) in [6.07, 6.45) is 3.38. The molecule has 92 valence electrons. The molecule has 2 N–H and O–H groups in total. The van der Waals surface area contributed by atoms with Gasteiger partial charge in [-0.3, -0.25) is 10.1 Å². The van der Waals surface area contributed by atoms with Crippen molar-refractivity contribution in [2.24, 2.45) is 0 Å². The van der Waals surface area contributed by atoms with Crippen molar-refractivity contribution in [1.82, 2.24) is 10.6 Å². The first-order chi connectivity index (χ1) is 7.72. The maximum atomic E-state index is 11.2. The van der Waals surface area contributed by atoms with E-state index in [1.54, 1.807) is 0 Å². The van der Waals surface area contributed by atoms with E-state index in [4.69, 9.17) is 16.3 Å². The third-order valence-electron chi connectivity index (χ3n) is 2.34. The third kappa shape index (κ3) is 5.32. The van der Waals surface area contributed by atoms with Crippen LogP contribution in [0.15, 0.2) is 0 Å². The number of hydrogen-bond acceptors (Lipinski definition) is 3. The van der Waals surface area contributed by atoms with Crippen LogP contribution >= 0.6 is 11.6 Å². The Hall–Kier alpha value is -0.810. The van der Waals surface area contributed by atoms with Gasteiger partial charge in [0.2, 0.25) is 5.91 Å². The summed E-state index contributed by atoms with van der Waals surface area (Å²) in [6, 6.07) is -0.482. The van der Waals surface area contributed by atoms with Gasteiger partial charge in [0.05, 0.1) is 6.10 Å². The molecule has 1 unspecified atom stereocenters. The van der Waals surface area contributed by atoms with Crippen molar-refractivity contribution in [3.63, 3.8) is 0 Å². The number of urea groups is 1. The summed E-state index contributed by atoms with van der Waals surface area (Å²) in [5.41, 5.74) is 0. The van der Waals surface area contributed by atoms with E-state index < -0.39 is 6.03 Å². The first-order valence-electron chi connectivity index (χ1n) is 5.47. The van der Waals surface area contributed by atoms with Crippen LogP contribution in [-0.4, -0.2) is 37.1 Å².